The third-order valence-electron chi connectivity index (χ3n) is 5.13. The molecule has 1 heterocycles. The highest BCUT2D eigenvalue weighted by molar-refractivity contribution is 5.98. The van der Waals surface area contributed by atoms with Crippen LogP contribution in [0.25, 0.3) is 0 Å². The van der Waals surface area contributed by atoms with Crippen molar-refractivity contribution in [2.75, 3.05) is 0 Å². The fourth-order valence-electron chi connectivity index (χ4n) is 3.20. The average molecular weight is 365 g/mol. The lowest BCUT2D eigenvalue weighted by atomic mass is 9.88. The molecule has 1 aliphatic heterocycles. The molecule has 1 amide bonds. The molecule has 0 saturated carbocycles. The molecule has 3 rings (SSSR count). The van der Waals surface area contributed by atoms with Crippen molar-refractivity contribution in [3.05, 3.63) is 70.5 Å². The van der Waals surface area contributed by atoms with Crippen molar-refractivity contribution < 1.29 is 22.4 Å². The largest absolute Gasteiger partial charge is 0.392 e. The molecule has 0 aliphatic carbocycles. The van der Waals surface area contributed by atoms with Gasteiger partial charge in [-0.1, -0.05) is 44.2 Å². The molecule has 0 fully saturated rings. The molecule has 2 unspecified atom stereocenters. The Kier molecular flexibility index (Phi) is 4.78. The van der Waals surface area contributed by atoms with E-state index in [2.05, 4.69) is 0 Å². The van der Waals surface area contributed by atoms with Crippen molar-refractivity contribution in [1.82, 2.24) is 4.90 Å². The standard InChI is InChI=1S/C20H19F4NO/c1-12(13(2)20(22,23)24)15-8-6-14(7-9-15)10-25-11-17-16(19(25)26)4-3-5-18(17)21/h3-9,12-13H,10-11H2,1-2H3. The van der Waals surface area contributed by atoms with Crippen LogP contribution in [0.4, 0.5) is 17.6 Å². The van der Waals surface area contributed by atoms with Crippen molar-refractivity contribution >= 4 is 5.91 Å². The molecule has 138 valence electrons. The number of amides is 1. The minimum atomic E-state index is -4.24. The predicted molar refractivity (Wildman–Crippen MR) is 90.1 cm³/mol. The summed E-state index contributed by atoms with van der Waals surface area (Å²) < 4.78 is 52.4. The van der Waals surface area contributed by atoms with Crippen LogP contribution in [0.2, 0.25) is 0 Å². The summed E-state index contributed by atoms with van der Waals surface area (Å²) in [4.78, 5) is 13.9. The van der Waals surface area contributed by atoms with E-state index in [9.17, 15) is 22.4 Å². The molecule has 2 atom stereocenters. The van der Waals surface area contributed by atoms with Crippen LogP contribution in [-0.4, -0.2) is 17.0 Å². The lowest BCUT2D eigenvalue weighted by Crippen LogP contribution is -2.25. The number of carbonyl (C=O) groups excluding carboxylic acids is 1. The Balaban J connectivity index is 1.71. The van der Waals surface area contributed by atoms with Crippen molar-refractivity contribution in [1.29, 1.82) is 0 Å². The SMILES string of the molecule is CC(c1ccc(CN2Cc3c(F)cccc3C2=O)cc1)C(C)C(F)(F)F. The number of nitrogens with zero attached hydrogens (tertiary/aromatic N) is 1. The Morgan fingerprint density at radius 3 is 2.31 bits per heavy atom. The Bertz CT molecular complexity index is 814. The minimum absolute atomic E-state index is 0.199. The van der Waals surface area contributed by atoms with Crippen LogP contribution in [-0.2, 0) is 13.1 Å². The Hall–Kier alpha value is -2.37. The van der Waals surface area contributed by atoms with E-state index in [-0.39, 0.29) is 19.0 Å². The van der Waals surface area contributed by atoms with E-state index in [4.69, 9.17) is 0 Å². The van der Waals surface area contributed by atoms with Gasteiger partial charge in [-0.25, -0.2) is 4.39 Å². The third-order valence-corrected chi connectivity index (χ3v) is 5.13. The summed E-state index contributed by atoms with van der Waals surface area (Å²) in [5, 5.41) is 0. The molecule has 0 bridgehead atoms. The maximum absolute atomic E-state index is 13.8. The van der Waals surface area contributed by atoms with Crippen LogP contribution < -0.4 is 0 Å². The fourth-order valence-corrected chi connectivity index (χ4v) is 3.20. The summed E-state index contributed by atoms with van der Waals surface area (Å²) in [5.74, 6) is -2.73. The molecule has 1 aliphatic rings. The molecule has 0 aromatic heterocycles. The van der Waals surface area contributed by atoms with Gasteiger partial charge in [0.05, 0.1) is 12.5 Å². The summed E-state index contributed by atoms with van der Waals surface area (Å²) >= 11 is 0. The van der Waals surface area contributed by atoms with Gasteiger partial charge < -0.3 is 4.90 Å². The molecule has 0 radical (unpaired) electrons. The van der Waals surface area contributed by atoms with Crippen molar-refractivity contribution in [2.45, 2.75) is 39.0 Å². The fraction of sp³-hybridized carbons (Fsp3) is 0.350. The van der Waals surface area contributed by atoms with E-state index < -0.39 is 23.8 Å². The molecule has 0 N–H and O–H groups in total. The highest BCUT2D eigenvalue weighted by Gasteiger charge is 2.39. The number of alkyl halides is 3. The van der Waals surface area contributed by atoms with Crippen LogP contribution in [0.15, 0.2) is 42.5 Å². The topological polar surface area (TPSA) is 20.3 Å². The lowest BCUT2D eigenvalue weighted by Gasteiger charge is -2.23. The van der Waals surface area contributed by atoms with Crippen LogP contribution >= 0.6 is 0 Å². The summed E-state index contributed by atoms with van der Waals surface area (Å²) in [7, 11) is 0. The Morgan fingerprint density at radius 2 is 1.73 bits per heavy atom. The third kappa shape index (κ3) is 3.45. The van der Waals surface area contributed by atoms with Crippen LogP contribution in [0.5, 0.6) is 0 Å². The molecule has 2 aromatic carbocycles. The molecule has 6 heteroatoms. The van der Waals surface area contributed by atoms with Crippen LogP contribution in [0.1, 0.15) is 46.8 Å². The molecular formula is C20H19F4NO. The molecule has 0 spiro atoms. The van der Waals surface area contributed by atoms with E-state index in [1.54, 1.807) is 37.3 Å². The smallest absolute Gasteiger partial charge is 0.330 e. The zero-order valence-electron chi connectivity index (χ0n) is 14.5. The molecule has 2 aromatic rings. The summed E-state index contributed by atoms with van der Waals surface area (Å²) in [6.07, 6.45) is -4.24. The summed E-state index contributed by atoms with van der Waals surface area (Å²) in [6.45, 7) is 3.21. The second-order valence-corrected chi connectivity index (χ2v) is 6.79. The van der Waals surface area contributed by atoms with Crippen molar-refractivity contribution in [2.24, 2.45) is 5.92 Å². The number of hydrogen-bond donors (Lipinski definition) is 0. The monoisotopic (exact) mass is 365 g/mol. The number of halogens is 4. The first-order valence-electron chi connectivity index (χ1n) is 8.40. The van der Waals surface area contributed by atoms with Gasteiger partial charge in [-0.2, -0.15) is 13.2 Å². The highest BCUT2D eigenvalue weighted by Crippen LogP contribution is 2.37. The molecule has 0 saturated heterocycles. The first kappa shape index (κ1) is 18.4. The van der Waals surface area contributed by atoms with Gasteiger partial charge in [0.1, 0.15) is 5.82 Å². The highest BCUT2D eigenvalue weighted by atomic mass is 19.4. The summed E-state index contributed by atoms with van der Waals surface area (Å²) in [5.41, 5.74) is 2.15. The first-order chi connectivity index (χ1) is 12.2. The maximum Gasteiger partial charge on any atom is 0.392 e. The number of carbonyl (C=O) groups is 1. The zero-order chi connectivity index (χ0) is 19.1. The van der Waals surface area contributed by atoms with Gasteiger partial charge in [0.2, 0.25) is 0 Å². The second kappa shape index (κ2) is 6.74. The van der Waals surface area contributed by atoms with Gasteiger partial charge >= 0.3 is 6.18 Å². The minimum Gasteiger partial charge on any atom is -0.330 e. The number of rotatable bonds is 4. The number of fused-ring (bicyclic) bond motifs is 1. The van der Waals surface area contributed by atoms with E-state index >= 15 is 0 Å². The average Bonchev–Trinajstić information content (AvgIpc) is 2.91. The molecule has 26 heavy (non-hydrogen) atoms. The van der Waals surface area contributed by atoms with Gasteiger partial charge in [-0.3, -0.25) is 4.79 Å². The van der Waals surface area contributed by atoms with Gasteiger partial charge in [0.15, 0.2) is 0 Å². The second-order valence-electron chi connectivity index (χ2n) is 6.79. The quantitative estimate of drug-likeness (QED) is 0.675. The van der Waals surface area contributed by atoms with Gasteiger partial charge in [-0.15, -0.1) is 0 Å². The normalized spacial score (nSPS) is 16.5. The Labute approximate surface area is 149 Å². The molecular weight excluding hydrogens is 346 g/mol. The lowest BCUT2D eigenvalue weighted by molar-refractivity contribution is -0.174. The van der Waals surface area contributed by atoms with E-state index in [1.165, 1.54) is 24.0 Å². The molecule has 2 nitrogen and oxygen atoms in total. The van der Waals surface area contributed by atoms with E-state index in [0.717, 1.165) is 5.56 Å². The van der Waals surface area contributed by atoms with Gasteiger partial charge in [0.25, 0.3) is 5.91 Å². The zero-order valence-corrected chi connectivity index (χ0v) is 14.5. The predicted octanol–water partition coefficient (Wildman–Crippen LogP) is 5.28. The van der Waals surface area contributed by atoms with Crippen molar-refractivity contribution in [3.8, 4) is 0 Å². The number of hydrogen-bond acceptors (Lipinski definition) is 1. The Morgan fingerprint density at radius 1 is 1.08 bits per heavy atom. The van der Waals surface area contributed by atoms with Crippen LogP contribution in [0, 0.1) is 11.7 Å². The maximum atomic E-state index is 13.8. The van der Waals surface area contributed by atoms with E-state index in [0.29, 0.717) is 16.7 Å². The first-order valence-corrected chi connectivity index (χ1v) is 8.40. The van der Waals surface area contributed by atoms with Crippen molar-refractivity contribution in [3.63, 3.8) is 0 Å². The van der Waals surface area contributed by atoms with Gasteiger partial charge in [0, 0.05) is 17.7 Å². The van der Waals surface area contributed by atoms with E-state index in [1.807, 2.05) is 0 Å². The summed E-state index contributed by atoms with van der Waals surface area (Å²) in [6, 6.07) is 11.2. The van der Waals surface area contributed by atoms with Gasteiger partial charge in [-0.05, 0) is 29.2 Å². The van der Waals surface area contributed by atoms with Crippen LogP contribution in [0.3, 0.4) is 0 Å². The number of benzene rings is 2.